The molecule has 8 heteroatoms. The van der Waals surface area contributed by atoms with E-state index < -0.39 is 0 Å². The third kappa shape index (κ3) is 8.94. The van der Waals surface area contributed by atoms with Crippen LogP contribution in [0.3, 0.4) is 0 Å². The van der Waals surface area contributed by atoms with E-state index in [-0.39, 0.29) is 23.9 Å². The van der Waals surface area contributed by atoms with Gasteiger partial charge in [-0.2, -0.15) is 0 Å². The number of anilines is 2. The largest absolute Gasteiger partial charge is 0.393 e. The Kier molecular flexibility index (Phi) is 14.6. The predicted molar refractivity (Wildman–Crippen MR) is 133 cm³/mol. The number of rotatable bonds is 3. The highest BCUT2D eigenvalue weighted by molar-refractivity contribution is 6.31. The molecule has 1 aliphatic rings. The number of nitrogens with one attached hydrogen (secondary N) is 1. The van der Waals surface area contributed by atoms with E-state index >= 15 is 0 Å². The van der Waals surface area contributed by atoms with Gasteiger partial charge in [0.2, 0.25) is 0 Å². The molecule has 1 amide bonds. The minimum atomic E-state index is -0.367. The molecule has 3 rings (SSSR count). The summed E-state index contributed by atoms with van der Waals surface area (Å²) in [4.78, 5) is 30.6. The third-order valence-electron chi connectivity index (χ3n) is 5.10. The summed E-state index contributed by atoms with van der Waals surface area (Å²) in [6, 6.07) is 9.76. The first-order valence-electron chi connectivity index (χ1n) is 10.7. The lowest BCUT2D eigenvalue weighted by molar-refractivity contribution is -0.0987. The van der Waals surface area contributed by atoms with E-state index in [4.69, 9.17) is 21.2 Å². The van der Waals surface area contributed by atoms with Crippen molar-refractivity contribution in [2.24, 2.45) is 0 Å². The molecule has 0 bridgehead atoms. The van der Waals surface area contributed by atoms with Crippen molar-refractivity contribution in [1.29, 1.82) is 0 Å². The Balaban J connectivity index is 0.00000158. The van der Waals surface area contributed by atoms with Crippen LogP contribution in [0, 0.1) is 12.7 Å². The van der Waals surface area contributed by atoms with Crippen molar-refractivity contribution >= 4 is 42.5 Å². The second-order valence-electron chi connectivity index (χ2n) is 7.15. The van der Waals surface area contributed by atoms with E-state index in [1.54, 1.807) is 18.2 Å². The van der Waals surface area contributed by atoms with Crippen LogP contribution in [0.4, 0.5) is 15.8 Å². The SMILES string of the molecule is C=O.C=O.CC.Cc1ccc(NC(=O)c2ccc(F)c(N3CCC(O)CCC3C)c2)cc1Cl. The van der Waals surface area contributed by atoms with Crippen LogP contribution in [-0.2, 0) is 9.59 Å². The number of hydrogen-bond acceptors (Lipinski definition) is 5. The molecule has 2 unspecified atom stereocenters. The fourth-order valence-electron chi connectivity index (χ4n) is 3.35. The van der Waals surface area contributed by atoms with Crippen LogP contribution >= 0.6 is 11.6 Å². The Morgan fingerprint density at radius 2 is 1.73 bits per heavy atom. The topological polar surface area (TPSA) is 86.7 Å². The maximum atomic E-state index is 14.5. The Morgan fingerprint density at radius 3 is 2.33 bits per heavy atom. The van der Waals surface area contributed by atoms with Gasteiger partial charge in [-0.3, -0.25) is 4.79 Å². The molecular weight excluding hydrogens is 447 g/mol. The molecule has 2 aromatic carbocycles. The molecule has 2 N–H and O–H groups in total. The molecule has 33 heavy (non-hydrogen) atoms. The summed E-state index contributed by atoms with van der Waals surface area (Å²) in [6.07, 6.45) is 1.70. The van der Waals surface area contributed by atoms with Crippen LogP contribution < -0.4 is 10.2 Å². The molecule has 0 radical (unpaired) electrons. The number of halogens is 2. The van der Waals surface area contributed by atoms with Crippen molar-refractivity contribution in [1.82, 2.24) is 0 Å². The molecule has 2 atom stereocenters. The van der Waals surface area contributed by atoms with E-state index in [1.807, 2.05) is 52.2 Å². The number of nitrogens with zero attached hydrogens (tertiary/aromatic N) is 1. The van der Waals surface area contributed by atoms with Gasteiger partial charge in [0.15, 0.2) is 0 Å². The molecular formula is C25H34ClFN2O4. The van der Waals surface area contributed by atoms with Crippen LogP contribution in [-0.4, -0.2) is 43.3 Å². The van der Waals surface area contributed by atoms with Gasteiger partial charge in [0.05, 0.1) is 11.8 Å². The Hall–Kier alpha value is -2.77. The third-order valence-corrected chi connectivity index (χ3v) is 5.51. The summed E-state index contributed by atoms with van der Waals surface area (Å²) in [5.74, 6) is -0.688. The molecule has 1 fully saturated rings. The second-order valence-corrected chi connectivity index (χ2v) is 7.55. The van der Waals surface area contributed by atoms with E-state index in [2.05, 4.69) is 5.32 Å². The molecule has 2 aromatic rings. The average molecular weight is 481 g/mol. The van der Waals surface area contributed by atoms with Crippen LogP contribution in [0.5, 0.6) is 0 Å². The highest BCUT2D eigenvalue weighted by atomic mass is 35.5. The molecule has 182 valence electrons. The number of amides is 1. The zero-order valence-electron chi connectivity index (χ0n) is 19.7. The minimum absolute atomic E-state index is 0.0888. The summed E-state index contributed by atoms with van der Waals surface area (Å²) in [5, 5.41) is 13.3. The number of benzene rings is 2. The summed E-state index contributed by atoms with van der Waals surface area (Å²) < 4.78 is 14.5. The molecule has 1 saturated heterocycles. The zero-order chi connectivity index (χ0) is 25.6. The van der Waals surface area contributed by atoms with E-state index in [0.717, 1.165) is 12.0 Å². The summed E-state index contributed by atoms with van der Waals surface area (Å²) in [6.45, 7) is 12.5. The van der Waals surface area contributed by atoms with Crippen molar-refractivity contribution < 1.29 is 23.9 Å². The predicted octanol–water partition coefficient (Wildman–Crippen LogP) is 5.44. The van der Waals surface area contributed by atoms with Gasteiger partial charge in [-0.15, -0.1) is 0 Å². The summed E-state index contributed by atoms with van der Waals surface area (Å²) >= 11 is 6.11. The Morgan fingerprint density at radius 1 is 1.09 bits per heavy atom. The molecule has 1 heterocycles. The van der Waals surface area contributed by atoms with Crippen LogP contribution in [0.15, 0.2) is 36.4 Å². The quantitative estimate of drug-likeness (QED) is 0.611. The maximum absolute atomic E-state index is 14.5. The lowest BCUT2D eigenvalue weighted by Crippen LogP contribution is -2.33. The lowest BCUT2D eigenvalue weighted by Gasteiger charge is -2.30. The van der Waals surface area contributed by atoms with Gasteiger partial charge in [-0.05, 0) is 69.0 Å². The van der Waals surface area contributed by atoms with E-state index in [9.17, 15) is 14.3 Å². The fourth-order valence-corrected chi connectivity index (χ4v) is 3.53. The first kappa shape index (κ1) is 30.2. The summed E-state index contributed by atoms with van der Waals surface area (Å²) in [5.41, 5.74) is 2.29. The van der Waals surface area contributed by atoms with Crippen LogP contribution in [0.1, 0.15) is 56.0 Å². The van der Waals surface area contributed by atoms with Gasteiger partial charge in [0.25, 0.3) is 5.91 Å². The van der Waals surface area contributed by atoms with Crippen molar-refractivity contribution in [2.45, 2.75) is 59.1 Å². The fraction of sp³-hybridized carbons (Fsp3) is 0.400. The second kappa shape index (κ2) is 15.9. The van der Waals surface area contributed by atoms with Crippen molar-refractivity contribution in [3.05, 3.63) is 58.4 Å². The first-order chi connectivity index (χ1) is 15.8. The Labute approximate surface area is 200 Å². The summed E-state index contributed by atoms with van der Waals surface area (Å²) in [7, 11) is 0. The molecule has 0 saturated carbocycles. The number of aliphatic hydroxyl groups excluding tert-OH is 1. The smallest absolute Gasteiger partial charge is 0.255 e. The van der Waals surface area contributed by atoms with E-state index in [1.165, 1.54) is 12.1 Å². The number of carbonyl (C=O) groups is 3. The molecule has 0 aromatic heterocycles. The van der Waals surface area contributed by atoms with Gasteiger partial charge in [-0.25, -0.2) is 4.39 Å². The van der Waals surface area contributed by atoms with Crippen molar-refractivity contribution in [2.75, 3.05) is 16.8 Å². The van der Waals surface area contributed by atoms with Gasteiger partial charge in [0, 0.05) is 28.9 Å². The zero-order valence-corrected chi connectivity index (χ0v) is 20.5. The molecule has 0 spiro atoms. The van der Waals surface area contributed by atoms with Gasteiger partial charge in [0.1, 0.15) is 19.4 Å². The minimum Gasteiger partial charge on any atom is -0.393 e. The van der Waals surface area contributed by atoms with Gasteiger partial charge in [-0.1, -0.05) is 31.5 Å². The first-order valence-corrected chi connectivity index (χ1v) is 11.1. The monoisotopic (exact) mass is 480 g/mol. The molecule has 0 aliphatic carbocycles. The maximum Gasteiger partial charge on any atom is 0.255 e. The number of carbonyl (C=O) groups excluding carboxylic acids is 3. The Bertz CT molecular complexity index is 879. The highest BCUT2D eigenvalue weighted by Crippen LogP contribution is 2.28. The van der Waals surface area contributed by atoms with Crippen LogP contribution in [0.2, 0.25) is 5.02 Å². The van der Waals surface area contributed by atoms with E-state index in [0.29, 0.717) is 41.3 Å². The van der Waals surface area contributed by atoms with Gasteiger partial charge < -0.3 is 24.9 Å². The molecule has 1 aliphatic heterocycles. The average Bonchev–Trinajstić information content (AvgIpc) is 3.01. The highest BCUT2D eigenvalue weighted by Gasteiger charge is 2.24. The van der Waals surface area contributed by atoms with Gasteiger partial charge >= 0.3 is 0 Å². The van der Waals surface area contributed by atoms with Crippen molar-refractivity contribution in [3.63, 3.8) is 0 Å². The number of aliphatic hydroxyl groups is 1. The van der Waals surface area contributed by atoms with Crippen molar-refractivity contribution in [3.8, 4) is 0 Å². The molecule has 6 nitrogen and oxygen atoms in total. The normalized spacial score (nSPS) is 17.0. The lowest BCUT2D eigenvalue weighted by atomic mass is 10.1. The number of hydrogen-bond donors (Lipinski definition) is 2. The number of aryl methyl sites for hydroxylation is 1. The standard InChI is InChI=1S/C21H24ClFN2O2.C2H6.2CH2O/c1-13-3-6-16(12-18(13)22)24-21(27)15-5-8-19(23)20(11-15)25-10-9-17(26)7-4-14(25)2;3*1-2/h3,5-6,8,11-12,14,17,26H,4,7,9-10H2,1-2H3,(H,24,27);1-2H3;2*1H2. The van der Waals surface area contributed by atoms with Crippen LogP contribution in [0.25, 0.3) is 0 Å².